The predicted molar refractivity (Wildman–Crippen MR) is 80.7 cm³/mol. The summed E-state index contributed by atoms with van der Waals surface area (Å²) in [6.45, 7) is 0.163. The number of ether oxygens (including phenoxy) is 1. The Kier molecular flexibility index (Phi) is 5.37. The van der Waals surface area contributed by atoms with E-state index in [1.54, 1.807) is 36.4 Å². The van der Waals surface area contributed by atoms with Crippen molar-refractivity contribution in [1.29, 1.82) is 0 Å². The van der Waals surface area contributed by atoms with E-state index in [4.69, 9.17) is 14.9 Å². The third-order valence-corrected chi connectivity index (χ3v) is 2.69. The lowest BCUT2D eigenvalue weighted by molar-refractivity contribution is -0.120. The van der Waals surface area contributed by atoms with Crippen LogP contribution in [-0.4, -0.2) is 18.4 Å². The average molecular weight is 300 g/mol. The van der Waals surface area contributed by atoms with E-state index in [2.05, 4.69) is 5.32 Å². The second kappa shape index (κ2) is 7.68. The van der Waals surface area contributed by atoms with Crippen LogP contribution in [0.2, 0.25) is 0 Å². The third-order valence-electron chi connectivity index (χ3n) is 2.69. The van der Waals surface area contributed by atoms with Gasteiger partial charge in [0.2, 0.25) is 5.91 Å². The molecule has 22 heavy (non-hydrogen) atoms. The van der Waals surface area contributed by atoms with Gasteiger partial charge in [-0.2, -0.15) is 0 Å². The predicted octanol–water partition coefficient (Wildman–Crippen LogP) is 1.47. The minimum Gasteiger partial charge on any atom is -0.484 e. The largest absolute Gasteiger partial charge is 0.484 e. The van der Waals surface area contributed by atoms with Crippen molar-refractivity contribution >= 4 is 17.9 Å². The molecular weight excluding hydrogens is 284 g/mol. The van der Waals surface area contributed by atoms with E-state index in [1.165, 1.54) is 12.3 Å². The summed E-state index contributed by atoms with van der Waals surface area (Å²) in [6.07, 6.45) is 4.52. The molecular formula is C16H16N2O4. The van der Waals surface area contributed by atoms with E-state index >= 15 is 0 Å². The van der Waals surface area contributed by atoms with Crippen molar-refractivity contribution in [1.82, 2.24) is 5.32 Å². The Morgan fingerprint density at radius 2 is 2.14 bits per heavy atom. The SMILES string of the molecule is NC(=O)COc1cccc(CNC(=O)/C=C\c2ccco2)c1. The number of rotatable bonds is 7. The zero-order chi connectivity index (χ0) is 15.8. The van der Waals surface area contributed by atoms with Crippen LogP contribution in [0.3, 0.4) is 0 Å². The maximum absolute atomic E-state index is 11.7. The quantitative estimate of drug-likeness (QED) is 0.757. The van der Waals surface area contributed by atoms with Gasteiger partial charge in [-0.3, -0.25) is 9.59 Å². The van der Waals surface area contributed by atoms with Crippen molar-refractivity contribution in [2.45, 2.75) is 6.54 Å². The first-order valence-electron chi connectivity index (χ1n) is 6.63. The Hall–Kier alpha value is -3.02. The number of benzene rings is 1. The molecule has 6 nitrogen and oxygen atoms in total. The maximum Gasteiger partial charge on any atom is 0.255 e. The molecule has 0 bridgehead atoms. The van der Waals surface area contributed by atoms with Crippen molar-refractivity contribution in [2.24, 2.45) is 5.73 Å². The molecule has 114 valence electrons. The van der Waals surface area contributed by atoms with Gasteiger partial charge >= 0.3 is 0 Å². The molecule has 0 saturated carbocycles. The molecule has 3 N–H and O–H groups in total. The van der Waals surface area contributed by atoms with Crippen molar-refractivity contribution in [3.05, 3.63) is 60.1 Å². The summed E-state index contributed by atoms with van der Waals surface area (Å²) in [7, 11) is 0. The summed E-state index contributed by atoms with van der Waals surface area (Å²) in [4.78, 5) is 22.3. The van der Waals surface area contributed by atoms with Gasteiger partial charge < -0.3 is 20.2 Å². The molecule has 0 aliphatic rings. The first-order chi connectivity index (χ1) is 10.6. The Balaban J connectivity index is 1.84. The Labute approximate surface area is 127 Å². The number of hydrogen-bond acceptors (Lipinski definition) is 4. The molecule has 0 atom stereocenters. The number of carbonyl (C=O) groups is 2. The molecule has 0 saturated heterocycles. The highest BCUT2D eigenvalue weighted by molar-refractivity contribution is 5.91. The van der Waals surface area contributed by atoms with Crippen molar-refractivity contribution in [3.8, 4) is 5.75 Å². The molecule has 2 amide bonds. The van der Waals surface area contributed by atoms with Crippen LogP contribution in [-0.2, 0) is 16.1 Å². The summed E-state index contributed by atoms with van der Waals surface area (Å²) in [6, 6.07) is 10.6. The van der Waals surface area contributed by atoms with Crippen LogP contribution in [0.15, 0.2) is 53.2 Å². The van der Waals surface area contributed by atoms with Crippen LogP contribution in [0.25, 0.3) is 6.08 Å². The van der Waals surface area contributed by atoms with Gasteiger partial charge in [-0.05, 0) is 35.9 Å². The smallest absolute Gasteiger partial charge is 0.255 e. The molecule has 2 aromatic rings. The molecule has 6 heteroatoms. The number of nitrogens with one attached hydrogen (secondary N) is 1. The van der Waals surface area contributed by atoms with Gasteiger partial charge in [-0.1, -0.05) is 12.1 Å². The lowest BCUT2D eigenvalue weighted by Crippen LogP contribution is -2.21. The number of amides is 2. The van der Waals surface area contributed by atoms with Gasteiger partial charge in [-0.15, -0.1) is 0 Å². The molecule has 0 fully saturated rings. The fourth-order valence-corrected chi connectivity index (χ4v) is 1.69. The highest BCUT2D eigenvalue weighted by atomic mass is 16.5. The summed E-state index contributed by atoms with van der Waals surface area (Å²) in [5.41, 5.74) is 5.86. The molecule has 0 unspecified atom stereocenters. The molecule has 2 rings (SSSR count). The number of furan rings is 1. The zero-order valence-corrected chi connectivity index (χ0v) is 11.8. The monoisotopic (exact) mass is 300 g/mol. The highest BCUT2D eigenvalue weighted by Gasteiger charge is 2.01. The first-order valence-corrected chi connectivity index (χ1v) is 6.63. The standard InChI is InChI=1S/C16H16N2O4/c17-15(19)11-22-14-4-1-3-12(9-14)10-18-16(20)7-6-13-5-2-8-21-13/h1-9H,10-11H2,(H2,17,19)(H,18,20)/b7-6-. The van der Waals surface area contributed by atoms with E-state index in [1.807, 2.05) is 6.07 Å². The van der Waals surface area contributed by atoms with Crippen LogP contribution in [0.5, 0.6) is 5.75 Å². The Morgan fingerprint density at radius 1 is 1.27 bits per heavy atom. The fourth-order valence-electron chi connectivity index (χ4n) is 1.69. The normalized spacial score (nSPS) is 10.5. The van der Waals surface area contributed by atoms with Gasteiger partial charge in [0.1, 0.15) is 11.5 Å². The molecule has 1 heterocycles. The van der Waals surface area contributed by atoms with Crippen LogP contribution in [0.1, 0.15) is 11.3 Å². The topological polar surface area (TPSA) is 94.6 Å². The molecule has 1 aromatic carbocycles. The Morgan fingerprint density at radius 3 is 2.86 bits per heavy atom. The summed E-state index contributed by atoms with van der Waals surface area (Å²) < 4.78 is 10.3. The van der Waals surface area contributed by atoms with E-state index in [0.29, 0.717) is 18.1 Å². The van der Waals surface area contributed by atoms with Crippen molar-refractivity contribution in [3.63, 3.8) is 0 Å². The van der Waals surface area contributed by atoms with Crippen molar-refractivity contribution in [2.75, 3.05) is 6.61 Å². The van der Waals surface area contributed by atoms with Gasteiger partial charge in [-0.25, -0.2) is 0 Å². The second-order valence-corrected chi connectivity index (χ2v) is 4.47. The van der Waals surface area contributed by atoms with Crippen LogP contribution < -0.4 is 15.8 Å². The number of carbonyl (C=O) groups excluding carboxylic acids is 2. The summed E-state index contributed by atoms with van der Waals surface area (Å²) in [5.74, 6) is 0.357. The molecule has 0 aliphatic heterocycles. The summed E-state index contributed by atoms with van der Waals surface area (Å²) in [5, 5.41) is 2.74. The molecule has 0 spiro atoms. The average Bonchev–Trinajstić information content (AvgIpc) is 3.03. The number of nitrogens with two attached hydrogens (primary N) is 1. The highest BCUT2D eigenvalue weighted by Crippen LogP contribution is 2.13. The van der Waals surface area contributed by atoms with Gasteiger partial charge in [0, 0.05) is 12.6 Å². The second-order valence-electron chi connectivity index (χ2n) is 4.47. The van der Waals surface area contributed by atoms with E-state index < -0.39 is 5.91 Å². The first kappa shape index (κ1) is 15.4. The lowest BCUT2D eigenvalue weighted by Gasteiger charge is -2.07. The molecule has 1 aromatic heterocycles. The fraction of sp³-hybridized carbons (Fsp3) is 0.125. The number of primary amides is 1. The number of hydrogen-bond donors (Lipinski definition) is 2. The van der Waals surface area contributed by atoms with Gasteiger partial charge in [0.05, 0.1) is 6.26 Å². The van der Waals surface area contributed by atoms with E-state index in [-0.39, 0.29) is 12.5 Å². The minimum absolute atomic E-state index is 0.179. The zero-order valence-electron chi connectivity index (χ0n) is 11.8. The Bertz CT molecular complexity index is 663. The maximum atomic E-state index is 11.7. The minimum atomic E-state index is -0.540. The van der Waals surface area contributed by atoms with Crippen LogP contribution in [0, 0.1) is 0 Å². The molecule has 0 radical (unpaired) electrons. The molecule has 0 aliphatic carbocycles. The van der Waals surface area contributed by atoms with Crippen molar-refractivity contribution < 1.29 is 18.7 Å². The van der Waals surface area contributed by atoms with Gasteiger partial charge in [0.25, 0.3) is 5.91 Å². The lowest BCUT2D eigenvalue weighted by atomic mass is 10.2. The third kappa shape index (κ3) is 5.16. The van der Waals surface area contributed by atoms with Crippen LogP contribution in [0.4, 0.5) is 0 Å². The van der Waals surface area contributed by atoms with E-state index in [0.717, 1.165) is 5.56 Å². The van der Waals surface area contributed by atoms with Gasteiger partial charge in [0.15, 0.2) is 6.61 Å². The van der Waals surface area contributed by atoms with E-state index in [9.17, 15) is 9.59 Å². The summed E-state index contributed by atoms with van der Waals surface area (Å²) >= 11 is 0. The van der Waals surface area contributed by atoms with Crippen LogP contribution >= 0.6 is 0 Å².